The second-order valence-corrected chi connectivity index (χ2v) is 8.16. The van der Waals surface area contributed by atoms with Crippen LogP contribution in [0, 0.1) is 5.92 Å². The van der Waals surface area contributed by atoms with Crippen molar-refractivity contribution >= 4 is 10.2 Å². The number of rotatable bonds is 9. The molecule has 1 aliphatic heterocycles. The molecule has 1 rings (SSSR count). The average molecular weight is 320 g/mol. The second kappa shape index (κ2) is 9.08. The van der Waals surface area contributed by atoms with E-state index in [2.05, 4.69) is 5.32 Å². The van der Waals surface area contributed by atoms with Crippen LogP contribution in [0.3, 0.4) is 0 Å². The van der Waals surface area contributed by atoms with Crippen LogP contribution in [0.2, 0.25) is 0 Å². The van der Waals surface area contributed by atoms with E-state index in [1.807, 2.05) is 27.7 Å². The number of piperidine rings is 1. The molecule has 0 saturated carbocycles. The van der Waals surface area contributed by atoms with Gasteiger partial charge in [-0.1, -0.05) is 13.8 Å². The molecule has 0 amide bonds. The fourth-order valence-corrected chi connectivity index (χ4v) is 4.95. The Balaban J connectivity index is 2.84. The first-order chi connectivity index (χ1) is 9.93. The van der Waals surface area contributed by atoms with Crippen molar-refractivity contribution in [3.63, 3.8) is 0 Å². The van der Waals surface area contributed by atoms with Crippen molar-refractivity contribution in [2.75, 3.05) is 32.7 Å². The Hall–Kier alpha value is -0.170. The Morgan fingerprint density at radius 3 is 2.24 bits per heavy atom. The van der Waals surface area contributed by atoms with Gasteiger partial charge in [0.25, 0.3) is 10.2 Å². The lowest BCUT2D eigenvalue weighted by Crippen LogP contribution is -2.50. The summed E-state index contributed by atoms with van der Waals surface area (Å²) in [4.78, 5) is 0. The van der Waals surface area contributed by atoms with E-state index in [1.54, 1.807) is 8.61 Å². The molecule has 126 valence electrons. The summed E-state index contributed by atoms with van der Waals surface area (Å²) in [7, 11) is -3.35. The van der Waals surface area contributed by atoms with Crippen LogP contribution in [0.5, 0.6) is 0 Å². The Bertz CT molecular complexity index is 372. The molecule has 1 aliphatic rings. The average Bonchev–Trinajstić information content (AvgIpc) is 2.45. The van der Waals surface area contributed by atoms with Crippen LogP contribution in [0.15, 0.2) is 0 Å². The normalized spacial score (nSPS) is 20.6. The van der Waals surface area contributed by atoms with Crippen molar-refractivity contribution in [2.24, 2.45) is 5.92 Å². The van der Waals surface area contributed by atoms with E-state index in [9.17, 15) is 8.42 Å². The molecule has 6 heteroatoms. The van der Waals surface area contributed by atoms with E-state index >= 15 is 0 Å². The lowest BCUT2D eigenvalue weighted by Gasteiger charge is -2.35. The summed E-state index contributed by atoms with van der Waals surface area (Å²) in [6.45, 7) is 11.9. The summed E-state index contributed by atoms with van der Waals surface area (Å²) in [5.41, 5.74) is 0. The molecule has 0 radical (unpaired) electrons. The monoisotopic (exact) mass is 319 g/mol. The molecule has 5 nitrogen and oxygen atoms in total. The molecule has 0 aromatic rings. The molecule has 0 spiro atoms. The van der Waals surface area contributed by atoms with Gasteiger partial charge < -0.3 is 5.32 Å². The van der Waals surface area contributed by atoms with E-state index in [4.69, 9.17) is 0 Å². The first-order valence-electron chi connectivity index (χ1n) is 8.41. The molecular weight excluding hydrogens is 286 g/mol. The lowest BCUT2D eigenvalue weighted by molar-refractivity contribution is 0.244. The smallest absolute Gasteiger partial charge is 0.282 e. The first-order valence-corrected chi connectivity index (χ1v) is 9.80. The second-order valence-electron chi connectivity index (χ2n) is 6.28. The van der Waals surface area contributed by atoms with Crippen molar-refractivity contribution in [1.29, 1.82) is 0 Å². The summed E-state index contributed by atoms with van der Waals surface area (Å²) >= 11 is 0. The van der Waals surface area contributed by atoms with Crippen LogP contribution in [0.4, 0.5) is 0 Å². The highest BCUT2D eigenvalue weighted by Crippen LogP contribution is 2.19. The standard InChI is InChI=1S/C15H33N3O2S/c1-5-10-17(11-6-2)21(19,20)18(14(3)4)13-15-8-7-9-16-12-15/h14-16H,5-13H2,1-4H3. The fraction of sp³-hybridized carbons (Fsp3) is 1.00. The van der Waals surface area contributed by atoms with Gasteiger partial charge in [0.1, 0.15) is 0 Å². The SMILES string of the molecule is CCCN(CCC)S(=O)(=O)N(CC1CCCNC1)C(C)C. The third-order valence-corrected chi connectivity index (χ3v) is 6.16. The molecule has 0 aliphatic carbocycles. The summed E-state index contributed by atoms with van der Waals surface area (Å²) < 4.78 is 29.3. The van der Waals surface area contributed by atoms with Gasteiger partial charge in [-0.2, -0.15) is 17.0 Å². The zero-order valence-electron chi connectivity index (χ0n) is 14.1. The number of nitrogens with zero attached hydrogens (tertiary/aromatic N) is 2. The van der Waals surface area contributed by atoms with Gasteiger partial charge in [-0.3, -0.25) is 0 Å². The molecular formula is C15H33N3O2S. The van der Waals surface area contributed by atoms with Crippen LogP contribution in [0.25, 0.3) is 0 Å². The Labute approximate surface area is 131 Å². The third kappa shape index (κ3) is 5.51. The highest BCUT2D eigenvalue weighted by Gasteiger charge is 2.32. The van der Waals surface area contributed by atoms with E-state index in [0.29, 0.717) is 25.6 Å². The Kier molecular flexibility index (Phi) is 8.16. The maximum Gasteiger partial charge on any atom is 0.282 e. The molecule has 1 atom stereocenters. The van der Waals surface area contributed by atoms with E-state index in [-0.39, 0.29) is 6.04 Å². The van der Waals surface area contributed by atoms with Crippen molar-refractivity contribution in [3.05, 3.63) is 0 Å². The molecule has 1 saturated heterocycles. The van der Waals surface area contributed by atoms with Crippen molar-refractivity contribution in [3.8, 4) is 0 Å². The van der Waals surface area contributed by atoms with Crippen LogP contribution in [-0.2, 0) is 10.2 Å². The molecule has 21 heavy (non-hydrogen) atoms. The highest BCUT2D eigenvalue weighted by atomic mass is 32.2. The summed E-state index contributed by atoms with van der Waals surface area (Å²) in [6.07, 6.45) is 3.98. The Morgan fingerprint density at radius 1 is 1.19 bits per heavy atom. The highest BCUT2D eigenvalue weighted by molar-refractivity contribution is 7.86. The van der Waals surface area contributed by atoms with E-state index < -0.39 is 10.2 Å². The Morgan fingerprint density at radius 2 is 1.81 bits per heavy atom. The minimum Gasteiger partial charge on any atom is -0.316 e. The number of nitrogens with one attached hydrogen (secondary N) is 1. The summed E-state index contributed by atoms with van der Waals surface area (Å²) in [5, 5.41) is 3.38. The van der Waals surface area contributed by atoms with Crippen molar-refractivity contribution in [1.82, 2.24) is 13.9 Å². The van der Waals surface area contributed by atoms with Gasteiger partial charge in [0, 0.05) is 25.7 Å². The molecule has 1 N–H and O–H groups in total. The molecule has 1 unspecified atom stereocenters. The topological polar surface area (TPSA) is 52.7 Å². The molecule has 1 heterocycles. The molecule has 1 fully saturated rings. The van der Waals surface area contributed by atoms with Crippen LogP contribution < -0.4 is 5.32 Å². The van der Waals surface area contributed by atoms with E-state index in [0.717, 1.165) is 38.8 Å². The third-order valence-electron chi connectivity index (χ3n) is 3.98. The quantitative estimate of drug-likeness (QED) is 0.708. The maximum absolute atomic E-state index is 13.0. The van der Waals surface area contributed by atoms with Gasteiger partial charge in [-0.15, -0.1) is 0 Å². The van der Waals surface area contributed by atoms with Crippen molar-refractivity contribution in [2.45, 2.75) is 59.4 Å². The number of hydrogen-bond donors (Lipinski definition) is 1. The zero-order chi connectivity index (χ0) is 15.9. The number of hydrogen-bond acceptors (Lipinski definition) is 3. The molecule has 0 aromatic heterocycles. The summed E-state index contributed by atoms with van der Waals surface area (Å²) in [6, 6.07) is 0.00754. The summed E-state index contributed by atoms with van der Waals surface area (Å²) in [5.74, 6) is 0.432. The van der Waals surface area contributed by atoms with Crippen LogP contribution >= 0.6 is 0 Å². The lowest BCUT2D eigenvalue weighted by atomic mass is 9.99. The van der Waals surface area contributed by atoms with E-state index in [1.165, 1.54) is 0 Å². The van der Waals surface area contributed by atoms with Gasteiger partial charge in [-0.25, -0.2) is 0 Å². The molecule has 0 bridgehead atoms. The predicted octanol–water partition coefficient (Wildman–Crippen LogP) is 2.06. The molecule has 0 aromatic carbocycles. The largest absolute Gasteiger partial charge is 0.316 e. The predicted molar refractivity (Wildman–Crippen MR) is 88.5 cm³/mol. The van der Waals surface area contributed by atoms with Gasteiger partial charge >= 0.3 is 0 Å². The zero-order valence-corrected chi connectivity index (χ0v) is 15.0. The van der Waals surface area contributed by atoms with Gasteiger partial charge in [0.15, 0.2) is 0 Å². The fourth-order valence-electron chi connectivity index (χ4n) is 2.90. The van der Waals surface area contributed by atoms with Gasteiger partial charge in [-0.05, 0) is 58.5 Å². The minimum absolute atomic E-state index is 0.00754. The van der Waals surface area contributed by atoms with Gasteiger partial charge in [0.2, 0.25) is 0 Å². The van der Waals surface area contributed by atoms with Crippen LogP contribution in [-0.4, -0.2) is 55.8 Å². The van der Waals surface area contributed by atoms with Gasteiger partial charge in [0.05, 0.1) is 0 Å². The minimum atomic E-state index is -3.35. The van der Waals surface area contributed by atoms with Crippen molar-refractivity contribution < 1.29 is 8.42 Å². The van der Waals surface area contributed by atoms with Crippen LogP contribution in [0.1, 0.15) is 53.4 Å². The first kappa shape index (κ1) is 18.9. The maximum atomic E-state index is 13.0.